The molecule has 0 aliphatic heterocycles. The summed E-state index contributed by atoms with van der Waals surface area (Å²) in [6.07, 6.45) is 0.883. The van der Waals surface area contributed by atoms with Gasteiger partial charge in [0.2, 0.25) is 0 Å². The molecule has 1 aromatic rings. The molecule has 0 saturated carbocycles. The van der Waals surface area contributed by atoms with E-state index in [1.807, 2.05) is 6.92 Å². The lowest BCUT2D eigenvalue weighted by Crippen LogP contribution is -2.48. The molecule has 1 atom stereocenters. The van der Waals surface area contributed by atoms with Crippen LogP contribution in [0, 0.1) is 5.82 Å². The molecule has 106 valence electrons. The van der Waals surface area contributed by atoms with Crippen LogP contribution >= 0.6 is 15.9 Å². The van der Waals surface area contributed by atoms with E-state index in [0.717, 1.165) is 6.42 Å². The smallest absolute Gasteiger partial charge is 0.330 e. The molecule has 19 heavy (non-hydrogen) atoms. The van der Waals surface area contributed by atoms with Crippen molar-refractivity contribution >= 4 is 21.9 Å². The molecule has 0 fully saturated rings. The Morgan fingerprint density at radius 1 is 1.47 bits per heavy atom. The Morgan fingerprint density at radius 2 is 2.16 bits per heavy atom. The Bertz CT molecular complexity index is 453. The van der Waals surface area contributed by atoms with Gasteiger partial charge in [0.25, 0.3) is 0 Å². The molecule has 0 saturated heterocycles. The fraction of sp³-hybridized carbons (Fsp3) is 0.500. The number of nitrogens with one attached hydrogen (secondary N) is 1. The van der Waals surface area contributed by atoms with Crippen LogP contribution in [0.5, 0.6) is 0 Å². The zero-order chi connectivity index (χ0) is 14.5. The number of halogens is 2. The lowest BCUT2D eigenvalue weighted by atomic mass is 9.91. The molecule has 1 N–H and O–H groups in total. The zero-order valence-corrected chi connectivity index (χ0v) is 13.0. The minimum Gasteiger partial charge on any atom is -0.464 e. The minimum absolute atomic E-state index is 0.307. The van der Waals surface area contributed by atoms with Crippen molar-refractivity contribution in [3.05, 3.63) is 34.1 Å². The monoisotopic (exact) mass is 331 g/mol. The number of hydrogen-bond donors (Lipinski definition) is 1. The molecule has 1 aromatic carbocycles. The van der Waals surface area contributed by atoms with E-state index in [2.05, 4.69) is 21.2 Å². The van der Waals surface area contributed by atoms with Gasteiger partial charge in [-0.15, -0.1) is 0 Å². The van der Waals surface area contributed by atoms with Crippen LogP contribution < -0.4 is 5.32 Å². The summed E-state index contributed by atoms with van der Waals surface area (Å²) in [4.78, 5) is 12.2. The highest BCUT2D eigenvalue weighted by Crippen LogP contribution is 2.30. The summed E-state index contributed by atoms with van der Waals surface area (Å²) in [5.41, 5.74) is -0.320. The first-order valence-corrected chi connectivity index (χ1v) is 7.12. The first-order valence-electron chi connectivity index (χ1n) is 6.33. The molecule has 0 aromatic heterocycles. The van der Waals surface area contributed by atoms with Gasteiger partial charge < -0.3 is 4.74 Å². The molecule has 0 heterocycles. The molecule has 0 radical (unpaired) electrons. The SMILES string of the molecule is CCCNC(C)(C(=O)OCC)c1ccc(F)cc1Br. The van der Waals surface area contributed by atoms with Crippen LogP contribution in [0.1, 0.15) is 32.8 Å². The maximum Gasteiger partial charge on any atom is 0.330 e. The molecule has 1 rings (SSSR count). The van der Waals surface area contributed by atoms with Gasteiger partial charge in [0, 0.05) is 4.47 Å². The van der Waals surface area contributed by atoms with Gasteiger partial charge in [0.05, 0.1) is 6.61 Å². The van der Waals surface area contributed by atoms with Crippen LogP contribution in [-0.4, -0.2) is 19.1 Å². The van der Waals surface area contributed by atoms with Crippen molar-refractivity contribution in [3.63, 3.8) is 0 Å². The fourth-order valence-corrected chi connectivity index (χ4v) is 2.57. The zero-order valence-electron chi connectivity index (χ0n) is 11.4. The summed E-state index contributed by atoms with van der Waals surface area (Å²) in [7, 11) is 0. The summed E-state index contributed by atoms with van der Waals surface area (Å²) in [6, 6.07) is 4.28. The lowest BCUT2D eigenvalue weighted by molar-refractivity contribution is -0.151. The molecule has 0 aliphatic carbocycles. The van der Waals surface area contributed by atoms with Crippen LogP contribution in [0.25, 0.3) is 0 Å². The largest absolute Gasteiger partial charge is 0.464 e. The van der Waals surface area contributed by atoms with E-state index in [0.29, 0.717) is 23.2 Å². The number of ether oxygens (including phenoxy) is 1. The number of esters is 1. The first kappa shape index (κ1) is 16.1. The second-order valence-electron chi connectivity index (χ2n) is 4.40. The molecular formula is C14H19BrFNO2. The molecule has 3 nitrogen and oxygen atoms in total. The highest BCUT2D eigenvalue weighted by atomic mass is 79.9. The normalized spacial score (nSPS) is 13.9. The van der Waals surface area contributed by atoms with Crippen molar-refractivity contribution in [2.24, 2.45) is 0 Å². The van der Waals surface area contributed by atoms with E-state index >= 15 is 0 Å². The number of carbonyl (C=O) groups excluding carboxylic acids is 1. The standard InChI is InChI=1S/C14H19BrFNO2/c1-4-8-17-14(3,13(18)19-5-2)11-7-6-10(16)9-12(11)15/h6-7,9,17H,4-5,8H2,1-3H3. The van der Waals surface area contributed by atoms with E-state index in [1.54, 1.807) is 19.9 Å². The summed E-state index contributed by atoms with van der Waals surface area (Å²) >= 11 is 3.31. The Labute approximate surface area is 121 Å². The third-order valence-corrected chi connectivity index (χ3v) is 3.54. The van der Waals surface area contributed by atoms with E-state index < -0.39 is 5.54 Å². The van der Waals surface area contributed by atoms with Gasteiger partial charge >= 0.3 is 5.97 Å². The Morgan fingerprint density at radius 3 is 2.68 bits per heavy atom. The third kappa shape index (κ3) is 3.76. The number of hydrogen-bond acceptors (Lipinski definition) is 3. The van der Waals surface area contributed by atoms with Crippen LogP contribution in [0.15, 0.2) is 22.7 Å². The summed E-state index contributed by atoms with van der Waals surface area (Å²) in [5.74, 6) is -0.715. The number of rotatable bonds is 6. The van der Waals surface area contributed by atoms with Gasteiger partial charge in [-0.2, -0.15) is 0 Å². The van der Waals surface area contributed by atoms with Crippen molar-refractivity contribution < 1.29 is 13.9 Å². The van der Waals surface area contributed by atoms with Crippen molar-refractivity contribution in [1.29, 1.82) is 0 Å². The van der Waals surface area contributed by atoms with Gasteiger partial charge in [-0.3, -0.25) is 5.32 Å². The highest BCUT2D eigenvalue weighted by Gasteiger charge is 2.37. The molecule has 0 spiro atoms. The van der Waals surface area contributed by atoms with Crippen molar-refractivity contribution in [2.75, 3.05) is 13.2 Å². The van der Waals surface area contributed by atoms with Gasteiger partial charge in [0.15, 0.2) is 0 Å². The summed E-state index contributed by atoms with van der Waals surface area (Å²) in [5, 5.41) is 3.18. The summed E-state index contributed by atoms with van der Waals surface area (Å²) in [6.45, 7) is 6.49. The van der Waals surface area contributed by atoms with Crippen molar-refractivity contribution in [3.8, 4) is 0 Å². The molecular weight excluding hydrogens is 313 g/mol. The van der Waals surface area contributed by atoms with Crippen LogP contribution in [0.4, 0.5) is 4.39 Å². The second kappa shape index (κ2) is 7.01. The predicted molar refractivity (Wildman–Crippen MR) is 76.4 cm³/mol. The maximum atomic E-state index is 13.2. The van der Waals surface area contributed by atoms with Crippen molar-refractivity contribution in [1.82, 2.24) is 5.32 Å². The van der Waals surface area contributed by atoms with Gasteiger partial charge in [0.1, 0.15) is 11.4 Å². The van der Waals surface area contributed by atoms with E-state index in [-0.39, 0.29) is 11.8 Å². The molecule has 5 heteroatoms. The average Bonchev–Trinajstić information content (AvgIpc) is 2.36. The molecule has 0 aliphatic rings. The molecule has 0 amide bonds. The van der Waals surface area contributed by atoms with Crippen LogP contribution in [-0.2, 0) is 15.1 Å². The third-order valence-electron chi connectivity index (χ3n) is 2.88. The fourth-order valence-electron chi connectivity index (χ4n) is 1.82. The average molecular weight is 332 g/mol. The van der Waals surface area contributed by atoms with E-state index in [1.165, 1.54) is 12.1 Å². The summed E-state index contributed by atoms with van der Waals surface area (Å²) < 4.78 is 18.8. The van der Waals surface area contributed by atoms with Gasteiger partial charge in [-0.1, -0.05) is 28.9 Å². The topological polar surface area (TPSA) is 38.3 Å². The minimum atomic E-state index is -0.988. The van der Waals surface area contributed by atoms with Gasteiger partial charge in [-0.25, -0.2) is 9.18 Å². The molecule has 1 unspecified atom stereocenters. The Hall–Kier alpha value is -0.940. The van der Waals surface area contributed by atoms with E-state index in [4.69, 9.17) is 4.74 Å². The number of carbonyl (C=O) groups is 1. The maximum absolute atomic E-state index is 13.2. The van der Waals surface area contributed by atoms with Gasteiger partial charge in [-0.05, 0) is 44.5 Å². The van der Waals surface area contributed by atoms with Crippen LogP contribution in [0.2, 0.25) is 0 Å². The predicted octanol–water partition coefficient (Wildman–Crippen LogP) is 3.37. The quantitative estimate of drug-likeness (QED) is 0.812. The molecule has 0 bridgehead atoms. The number of benzene rings is 1. The second-order valence-corrected chi connectivity index (χ2v) is 5.25. The first-order chi connectivity index (χ1) is 8.95. The lowest BCUT2D eigenvalue weighted by Gasteiger charge is -2.30. The Kier molecular flexibility index (Phi) is 5.94. The van der Waals surface area contributed by atoms with Crippen LogP contribution in [0.3, 0.4) is 0 Å². The van der Waals surface area contributed by atoms with Crippen molar-refractivity contribution in [2.45, 2.75) is 32.7 Å². The highest BCUT2D eigenvalue weighted by molar-refractivity contribution is 9.10. The Balaban J connectivity index is 3.18. The van der Waals surface area contributed by atoms with E-state index in [9.17, 15) is 9.18 Å².